The van der Waals surface area contributed by atoms with Gasteiger partial charge >= 0.3 is 0 Å². The third-order valence-electron chi connectivity index (χ3n) is 9.94. The van der Waals surface area contributed by atoms with E-state index in [1.165, 1.54) is 11.3 Å². The van der Waals surface area contributed by atoms with Gasteiger partial charge in [-0.2, -0.15) is 0 Å². The van der Waals surface area contributed by atoms with Gasteiger partial charge in [0.25, 0.3) is 0 Å². The SMILES string of the molecule is COCCOCCOCCOCCOCCOCCOCCOCCC(=O)NCCCC[C@H](NC(=O)CCCCCN1C(=O)[CH-]CC1=O)C(=O)N[C@H](C(=O)N[C@@H](C)C(=O)C(C)C)C(C)C.[Ta]. The summed E-state index contributed by atoms with van der Waals surface area (Å²) in [6.07, 6.45) is 4.64. The van der Waals surface area contributed by atoms with E-state index >= 15 is 0 Å². The Kier molecular flexibility index (Phi) is 39.1. The number of hydrogen-bond donors (Lipinski definition) is 4. The molecule has 1 rings (SSSR count). The summed E-state index contributed by atoms with van der Waals surface area (Å²) in [5.41, 5.74) is 0. The summed E-state index contributed by atoms with van der Waals surface area (Å²) >= 11 is 0. The molecule has 21 heteroatoms. The summed E-state index contributed by atoms with van der Waals surface area (Å²) in [5, 5.41) is 11.1. The van der Waals surface area contributed by atoms with Gasteiger partial charge < -0.3 is 68.9 Å². The van der Waals surface area contributed by atoms with Crippen molar-refractivity contribution in [3.8, 4) is 0 Å². The molecule has 1 aliphatic heterocycles. The average Bonchev–Trinajstić information content (AvgIpc) is 3.59. The van der Waals surface area contributed by atoms with Crippen molar-refractivity contribution in [2.75, 3.05) is 119 Å². The first-order valence-electron chi connectivity index (χ1n) is 23.2. The maximum absolute atomic E-state index is 13.6. The molecule has 0 spiro atoms. The van der Waals surface area contributed by atoms with Gasteiger partial charge in [-0.1, -0.05) is 40.5 Å². The molecule has 0 saturated carbocycles. The normalized spacial score (nSPS) is 13.8. The number of likely N-dealkylation sites (tertiary alicyclic amines) is 1. The monoisotopic (exact) mass is 1110 g/mol. The van der Waals surface area contributed by atoms with Crippen LogP contribution >= 0.6 is 0 Å². The fourth-order valence-corrected chi connectivity index (χ4v) is 6.20. The summed E-state index contributed by atoms with van der Waals surface area (Å²) in [7, 11) is 1.63. The van der Waals surface area contributed by atoms with Gasteiger partial charge in [0.05, 0.1) is 111 Å². The molecule has 20 nitrogen and oxygen atoms in total. The van der Waals surface area contributed by atoms with Crippen LogP contribution in [-0.2, 0) is 93.8 Å². The fraction of sp³-hybridized carbons (Fsp3) is 0.822. The van der Waals surface area contributed by atoms with Gasteiger partial charge in [-0.3, -0.25) is 35.2 Å². The zero-order chi connectivity index (χ0) is 48.1. The van der Waals surface area contributed by atoms with Gasteiger partial charge in [0.2, 0.25) is 23.6 Å². The second-order valence-electron chi connectivity index (χ2n) is 16.1. The van der Waals surface area contributed by atoms with Crippen LogP contribution in [0.5, 0.6) is 0 Å². The molecular weight excluding hydrogens is 1030 g/mol. The van der Waals surface area contributed by atoms with Crippen molar-refractivity contribution in [3.05, 3.63) is 6.42 Å². The molecule has 0 unspecified atom stereocenters. The number of nitrogens with one attached hydrogen (secondary N) is 4. The smallest absolute Gasteiger partial charge is 0.243 e. The first-order valence-corrected chi connectivity index (χ1v) is 23.2. The minimum absolute atomic E-state index is 0. The Hall–Kier alpha value is -3.02. The molecule has 3 atom stereocenters. The van der Waals surface area contributed by atoms with Gasteiger partial charge in [-0.15, -0.1) is 0 Å². The molecule has 0 bridgehead atoms. The van der Waals surface area contributed by atoms with Crippen LogP contribution in [0, 0.1) is 18.3 Å². The molecule has 1 radical (unpaired) electrons. The van der Waals surface area contributed by atoms with E-state index in [1.54, 1.807) is 41.7 Å². The van der Waals surface area contributed by atoms with Crippen molar-refractivity contribution in [1.82, 2.24) is 26.2 Å². The number of ether oxygens (including phenoxy) is 8. The zero-order valence-electron chi connectivity index (χ0n) is 40.4. The van der Waals surface area contributed by atoms with Crippen molar-refractivity contribution in [3.63, 3.8) is 0 Å². The number of imide groups is 1. The second kappa shape index (κ2) is 41.0. The zero-order valence-corrected chi connectivity index (χ0v) is 43.6. The molecule has 1 fully saturated rings. The van der Waals surface area contributed by atoms with Crippen LogP contribution in [0.4, 0.5) is 0 Å². The fourth-order valence-electron chi connectivity index (χ4n) is 6.20. The van der Waals surface area contributed by atoms with E-state index < -0.39 is 29.9 Å². The molecule has 6 amide bonds. The summed E-state index contributed by atoms with van der Waals surface area (Å²) in [5.74, 6) is -2.83. The average molecular weight is 1110 g/mol. The summed E-state index contributed by atoms with van der Waals surface area (Å²) in [4.78, 5) is 89.4. The number of carbonyl (C=O) groups is 7. The Balaban J connectivity index is 0.0000422. The maximum Gasteiger partial charge on any atom is 0.243 e. The van der Waals surface area contributed by atoms with Gasteiger partial charge in [-0.05, 0) is 44.9 Å². The number of unbranched alkanes of at least 4 members (excludes halogenated alkanes) is 3. The standard InChI is InChI=1S/C45H80N5O15.Ta/c1-34(2)42(45(57)47-36(5)43(55)35(3)4)49-44(56)37(48-39(52)13-8-7-11-18-50-40(53)14-15-41(50)54)12-9-10-17-46-38(51)16-19-59-22-23-61-26-27-63-30-31-65-33-32-64-29-28-62-25-24-60-21-20-58-6;/h14,34-37,42H,7-13,15-33H2,1-6H3,(H,46,51)(H,47,57)(H,48,52)(H,49,56);/q-1;/t36-,37-,42-;/m0./s1. The Labute approximate surface area is 407 Å². The van der Waals surface area contributed by atoms with Crippen LogP contribution < -0.4 is 21.3 Å². The Morgan fingerprint density at radius 2 is 1.11 bits per heavy atom. The number of amides is 6. The number of rotatable bonds is 43. The third kappa shape index (κ3) is 31.9. The maximum atomic E-state index is 13.6. The molecule has 0 aromatic carbocycles. The van der Waals surface area contributed by atoms with Crippen LogP contribution in [-0.4, -0.2) is 184 Å². The van der Waals surface area contributed by atoms with Crippen LogP contribution in [0.1, 0.15) is 92.4 Å². The van der Waals surface area contributed by atoms with Gasteiger partial charge in [0.1, 0.15) is 12.1 Å². The predicted octanol–water partition coefficient (Wildman–Crippen LogP) is 1.30. The second-order valence-corrected chi connectivity index (χ2v) is 16.1. The van der Waals surface area contributed by atoms with Crippen molar-refractivity contribution in [2.45, 2.75) is 111 Å². The molecule has 0 aromatic rings. The van der Waals surface area contributed by atoms with Gasteiger partial charge in [0.15, 0.2) is 11.7 Å². The molecule has 0 aliphatic carbocycles. The largest absolute Gasteiger partial charge is 0.382 e. The Bertz CT molecular complexity index is 1350. The van der Waals surface area contributed by atoms with E-state index in [-0.39, 0.29) is 95.9 Å². The predicted molar refractivity (Wildman–Crippen MR) is 239 cm³/mol. The van der Waals surface area contributed by atoms with Crippen molar-refractivity contribution >= 4 is 41.2 Å². The summed E-state index contributed by atoms with van der Waals surface area (Å²) in [6.45, 7) is 16.0. The van der Waals surface area contributed by atoms with Crippen molar-refractivity contribution in [2.24, 2.45) is 11.8 Å². The third-order valence-corrected chi connectivity index (χ3v) is 9.94. The molecule has 0 aromatic heterocycles. The van der Waals surface area contributed by atoms with E-state index in [0.717, 1.165) is 0 Å². The van der Waals surface area contributed by atoms with Crippen molar-refractivity contribution < 1.29 is 93.8 Å². The van der Waals surface area contributed by atoms with E-state index in [1.807, 2.05) is 0 Å². The topological polar surface area (TPSA) is 245 Å². The van der Waals surface area contributed by atoms with Crippen LogP contribution in [0.3, 0.4) is 0 Å². The summed E-state index contributed by atoms with van der Waals surface area (Å²) in [6, 6.07) is -2.64. The van der Waals surface area contributed by atoms with E-state index in [9.17, 15) is 33.6 Å². The van der Waals surface area contributed by atoms with E-state index in [2.05, 4.69) is 21.3 Å². The van der Waals surface area contributed by atoms with E-state index in [0.29, 0.717) is 138 Å². The quantitative estimate of drug-likeness (QED) is 0.0382. The van der Waals surface area contributed by atoms with Gasteiger partial charge in [0, 0.05) is 61.3 Å². The summed E-state index contributed by atoms with van der Waals surface area (Å²) < 4.78 is 43.0. The molecule has 4 N–H and O–H groups in total. The Morgan fingerprint density at radius 3 is 1.58 bits per heavy atom. The number of methoxy groups -OCH3 is 1. The number of carbonyl (C=O) groups excluding carboxylic acids is 7. The molecule has 1 saturated heterocycles. The van der Waals surface area contributed by atoms with Crippen LogP contribution in [0.15, 0.2) is 0 Å². The molecule has 1 aliphatic rings. The molecular formula is C45H80N5O15Ta-. The first-order chi connectivity index (χ1) is 31.3. The number of hydrogen-bond acceptors (Lipinski definition) is 15. The minimum Gasteiger partial charge on any atom is -0.382 e. The van der Waals surface area contributed by atoms with Gasteiger partial charge in [-0.25, -0.2) is 0 Å². The number of nitrogens with zero attached hydrogens (tertiary/aromatic N) is 1. The molecule has 66 heavy (non-hydrogen) atoms. The number of ketones is 1. The number of Topliss-reactive ketones (excluding diaryl/α,β-unsaturated/α-hetero) is 1. The first kappa shape index (κ1) is 63.0. The van der Waals surface area contributed by atoms with Crippen LogP contribution in [0.2, 0.25) is 0 Å². The van der Waals surface area contributed by atoms with Crippen molar-refractivity contribution in [1.29, 1.82) is 0 Å². The molecule has 1 heterocycles. The van der Waals surface area contributed by atoms with Crippen LogP contribution in [0.25, 0.3) is 0 Å². The van der Waals surface area contributed by atoms with E-state index in [4.69, 9.17) is 37.9 Å². The molecule has 381 valence electrons. The minimum atomic E-state index is -0.954. The Morgan fingerprint density at radius 1 is 0.591 bits per heavy atom.